The van der Waals surface area contributed by atoms with Crippen molar-refractivity contribution in [2.75, 3.05) is 44.3 Å². The molecule has 1 amide bonds. The summed E-state index contributed by atoms with van der Waals surface area (Å²) < 4.78 is 27.9. The molecule has 0 aromatic heterocycles. The van der Waals surface area contributed by atoms with Crippen molar-refractivity contribution in [3.8, 4) is 28.7 Å². The summed E-state index contributed by atoms with van der Waals surface area (Å²) in [5.74, 6) is 0.778. The number of rotatable bonds is 16. The van der Waals surface area contributed by atoms with E-state index in [-0.39, 0.29) is 5.91 Å². The van der Waals surface area contributed by atoms with E-state index in [1.54, 1.807) is 114 Å². The molecule has 1 aliphatic heterocycles. The normalized spacial score (nSPS) is 12.4. The average Bonchev–Trinajstić information content (AvgIpc) is 3.25. The molecule has 11 heteroatoms. The molecular formula is C46H46N2O9. The molecule has 1 saturated heterocycles. The third-order valence-electron chi connectivity index (χ3n) is 9.30. The zero-order valence-corrected chi connectivity index (χ0v) is 32.2. The van der Waals surface area contributed by atoms with Gasteiger partial charge >= 0.3 is 17.9 Å². The van der Waals surface area contributed by atoms with E-state index >= 15 is 0 Å². The zero-order chi connectivity index (χ0) is 40.0. The number of amides is 1. The van der Waals surface area contributed by atoms with Gasteiger partial charge in [-0.1, -0.05) is 26.7 Å². The van der Waals surface area contributed by atoms with Crippen molar-refractivity contribution >= 4 is 29.5 Å². The maximum Gasteiger partial charge on any atom is 0.343 e. The van der Waals surface area contributed by atoms with Crippen LogP contribution in [0.15, 0.2) is 121 Å². The summed E-state index contributed by atoms with van der Waals surface area (Å²) in [5, 5.41) is 0. The molecule has 294 valence electrons. The van der Waals surface area contributed by atoms with E-state index in [0.29, 0.717) is 90.4 Å². The van der Waals surface area contributed by atoms with Gasteiger partial charge in [-0.25, -0.2) is 14.4 Å². The molecule has 0 spiro atoms. The first-order chi connectivity index (χ1) is 27.8. The van der Waals surface area contributed by atoms with Crippen molar-refractivity contribution in [1.29, 1.82) is 0 Å². The third-order valence-corrected chi connectivity index (χ3v) is 9.30. The van der Waals surface area contributed by atoms with E-state index in [0.717, 1.165) is 31.4 Å². The lowest BCUT2D eigenvalue weighted by molar-refractivity contribution is 0.0722. The summed E-state index contributed by atoms with van der Waals surface area (Å²) >= 11 is 0. The Labute approximate surface area is 332 Å². The number of hydrogen-bond acceptors (Lipinski definition) is 10. The minimum atomic E-state index is -0.545. The molecule has 0 unspecified atom stereocenters. The van der Waals surface area contributed by atoms with Gasteiger partial charge < -0.3 is 33.5 Å². The number of piperazine rings is 1. The number of nitrogens with zero attached hydrogens (tertiary/aromatic N) is 2. The largest absolute Gasteiger partial charge is 0.494 e. The molecule has 0 saturated carbocycles. The van der Waals surface area contributed by atoms with Crippen LogP contribution in [0.2, 0.25) is 0 Å². The Bertz CT molecular complexity index is 2090. The van der Waals surface area contributed by atoms with Gasteiger partial charge in [-0.15, -0.1) is 0 Å². The molecular weight excluding hydrogens is 725 g/mol. The highest BCUT2D eigenvalue weighted by Crippen LogP contribution is 2.24. The minimum Gasteiger partial charge on any atom is -0.494 e. The zero-order valence-electron chi connectivity index (χ0n) is 32.2. The Morgan fingerprint density at radius 3 is 1.14 bits per heavy atom. The summed E-state index contributed by atoms with van der Waals surface area (Å²) in [7, 11) is 0. The van der Waals surface area contributed by atoms with Crippen LogP contribution in [0.25, 0.3) is 0 Å². The predicted octanol–water partition coefficient (Wildman–Crippen LogP) is 8.66. The van der Waals surface area contributed by atoms with Crippen molar-refractivity contribution in [2.45, 2.75) is 39.5 Å². The Morgan fingerprint density at radius 1 is 0.439 bits per heavy atom. The van der Waals surface area contributed by atoms with Crippen molar-refractivity contribution in [3.05, 3.63) is 144 Å². The van der Waals surface area contributed by atoms with Crippen molar-refractivity contribution < 1.29 is 42.9 Å². The van der Waals surface area contributed by atoms with E-state index < -0.39 is 17.9 Å². The molecule has 57 heavy (non-hydrogen) atoms. The van der Waals surface area contributed by atoms with Crippen molar-refractivity contribution in [3.63, 3.8) is 0 Å². The van der Waals surface area contributed by atoms with Crippen molar-refractivity contribution in [1.82, 2.24) is 4.90 Å². The maximum atomic E-state index is 13.3. The molecule has 1 aliphatic rings. The second kappa shape index (κ2) is 19.8. The molecule has 0 aliphatic carbocycles. The fourth-order valence-corrected chi connectivity index (χ4v) is 5.94. The molecule has 5 aromatic carbocycles. The van der Waals surface area contributed by atoms with Gasteiger partial charge in [0.25, 0.3) is 5.91 Å². The SMILES string of the molecule is CCCCOc1ccc(C(=O)Oc2ccc(C(=O)Oc3ccc(N4CCN(C(=O)c5ccc(OC(=O)c6ccc(OCCCC)cc6)cc5)CC4)cc3)cc2)cc1. The number of anilines is 1. The third kappa shape index (κ3) is 11.2. The van der Waals surface area contributed by atoms with Crippen LogP contribution < -0.4 is 28.6 Å². The van der Waals surface area contributed by atoms with Gasteiger partial charge in [0.2, 0.25) is 0 Å². The number of carbonyl (C=O) groups excluding carboxylic acids is 4. The molecule has 6 rings (SSSR count). The number of hydrogen-bond donors (Lipinski definition) is 0. The van der Waals surface area contributed by atoms with E-state index in [2.05, 4.69) is 18.7 Å². The van der Waals surface area contributed by atoms with Crippen molar-refractivity contribution in [2.24, 2.45) is 0 Å². The molecule has 0 radical (unpaired) electrons. The van der Waals surface area contributed by atoms with Crippen LogP contribution in [0.4, 0.5) is 5.69 Å². The molecule has 0 bridgehead atoms. The summed E-state index contributed by atoms with van der Waals surface area (Å²) in [6, 6.07) is 33.6. The standard InChI is InChI=1S/C46H46N2O9/c1-3-5-31-53-38-17-9-34(10-18-38)44(50)55-40-21-7-33(8-22-40)43(49)48-29-27-47(28-30-48)37-15-25-42(26-16-37)57-46(52)36-13-23-41(24-14-36)56-45(51)35-11-19-39(20-12-35)54-32-6-4-2/h7-26H,3-6,27-32H2,1-2H3. The first kappa shape index (κ1) is 40.1. The Kier molecular flexibility index (Phi) is 13.9. The first-order valence-corrected chi connectivity index (χ1v) is 19.3. The number of carbonyl (C=O) groups is 4. The van der Waals surface area contributed by atoms with Crippen LogP contribution in [0.3, 0.4) is 0 Å². The van der Waals surface area contributed by atoms with Crippen LogP contribution in [-0.2, 0) is 0 Å². The topological polar surface area (TPSA) is 121 Å². The molecule has 1 fully saturated rings. The summed E-state index contributed by atoms with van der Waals surface area (Å²) in [6.07, 6.45) is 4.00. The maximum absolute atomic E-state index is 13.3. The molecule has 5 aromatic rings. The van der Waals surface area contributed by atoms with Gasteiger partial charge in [0, 0.05) is 37.4 Å². The van der Waals surface area contributed by atoms with Gasteiger partial charge in [0.15, 0.2) is 0 Å². The predicted molar refractivity (Wildman–Crippen MR) is 216 cm³/mol. The van der Waals surface area contributed by atoms with Crippen LogP contribution in [0.5, 0.6) is 28.7 Å². The van der Waals surface area contributed by atoms with E-state index in [9.17, 15) is 19.2 Å². The summed E-state index contributed by atoms with van der Waals surface area (Å²) in [5.41, 5.74) is 2.54. The Balaban J connectivity index is 0.928. The van der Waals surface area contributed by atoms with Gasteiger partial charge in [-0.2, -0.15) is 0 Å². The highest BCUT2D eigenvalue weighted by atomic mass is 16.5. The number of unbranched alkanes of at least 4 members (excludes halogenated alkanes) is 2. The van der Waals surface area contributed by atoms with Crippen LogP contribution >= 0.6 is 0 Å². The lowest BCUT2D eigenvalue weighted by Gasteiger charge is -2.36. The smallest absolute Gasteiger partial charge is 0.343 e. The second-order valence-electron chi connectivity index (χ2n) is 13.4. The average molecular weight is 771 g/mol. The fourth-order valence-electron chi connectivity index (χ4n) is 5.94. The van der Waals surface area contributed by atoms with Crippen LogP contribution in [0.1, 0.15) is 81.0 Å². The van der Waals surface area contributed by atoms with Crippen LogP contribution in [-0.4, -0.2) is 68.1 Å². The highest BCUT2D eigenvalue weighted by Gasteiger charge is 2.23. The first-order valence-electron chi connectivity index (χ1n) is 19.3. The fraction of sp³-hybridized carbons (Fsp3) is 0.261. The summed E-state index contributed by atoms with van der Waals surface area (Å²) in [6.45, 7) is 7.74. The number of ether oxygens (including phenoxy) is 5. The quantitative estimate of drug-likeness (QED) is 0.0548. The summed E-state index contributed by atoms with van der Waals surface area (Å²) in [4.78, 5) is 55.3. The second-order valence-corrected chi connectivity index (χ2v) is 13.4. The monoisotopic (exact) mass is 770 g/mol. The van der Waals surface area contributed by atoms with E-state index in [1.165, 1.54) is 0 Å². The lowest BCUT2D eigenvalue weighted by atomic mass is 10.1. The number of esters is 3. The Hall–Kier alpha value is -6.62. The number of benzene rings is 5. The van der Waals surface area contributed by atoms with E-state index in [1.807, 2.05) is 12.1 Å². The lowest BCUT2D eigenvalue weighted by Crippen LogP contribution is -2.48. The highest BCUT2D eigenvalue weighted by molar-refractivity contribution is 5.95. The molecule has 0 atom stereocenters. The Morgan fingerprint density at radius 2 is 0.772 bits per heavy atom. The van der Waals surface area contributed by atoms with Gasteiger partial charge in [0.1, 0.15) is 28.7 Å². The van der Waals surface area contributed by atoms with Gasteiger partial charge in [-0.05, 0) is 134 Å². The van der Waals surface area contributed by atoms with Gasteiger partial charge in [-0.3, -0.25) is 4.79 Å². The van der Waals surface area contributed by atoms with E-state index in [4.69, 9.17) is 23.7 Å². The minimum absolute atomic E-state index is 0.0991. The van der Waals surface area contributed by atoms with Gasteiger partial charge in [0.05, 0.1) is 29.9 Å². The molecule has 11 nitrogen and oxygen atoms in total. The molecule has 1 heterocycles. The molecule has 0 N–H and O–H groups in total. The van der Waals surface area contributed by atoms with Crippen LogP contribution in [0, 0.1) is 0 Å².